The van der Waals surface area contributed by atoms with Crippen LogP contribution in [0, 0.1) is 17.8 Å². The van der Waals surface area contributed by atoms with Crippen LogP contribution in [-0.2, 0) is 6.54 Å². The van der Waals surface area contributed by atoms with Gasteiger partial charge < -0.3 is 10.4 Å². The molecule has 2 bridgehead atoms. The van der Waals surface area contributed by atoms with E-state index in [2.05, 4.69) is 5.32 Å². The molecule has 1 aromatic rings. The quantitative estimate of drug-likeness (QED) is 0.860. The van der Waals surface area contributed by atoms with Gasteiger partial charge in [-0.3, -0.25) is 0 Å². The van der Waals surface area contributed by atoms with Gasteiger partial charge in [-0.15, -0.1) is 11.3 Å². The van der Waals surface area contributed by atoms with Gasteiger partial charge in [0, 0.05) is 6.54 Å². The van der Waals surface area contributed by atoms with E-state index in [0.717, 1.165) is 29.9 Å². The minimum atomic E-state index is -0.804. The van der Waals surface area contributed by atoms with Gasteiger partial charge >= 0.3 is 5.97 Å². The summed E-state index contributed by atoms with van der Waals surface area (Å²) in [5.41, 5.74) is 0.927. The molecule has 2 fully saturated rings. The number of carbonyl (C=O) groups is 1. The van der Waals surface area contributed by atoms with Crippen molar-refractivity contribution in [1.29, 1.82) is 0 Å². The molecule has 0 radical (unpaired) electrons. The van der Waals surface area contributed by atoms with E-state index in [-0.39, 0.29) is 0 Å². The molecule has 0 aliphatic heterocycles. The highest BCUT2D eigenvalue weighted by Crippen LogP contribution is 2.47. The Balaban J connectivity index is 1.50. The standard InChI is InChI=1S/C14H19NO2S/c16-14(17)13-11(3-4-18-13)7-15-8-12-6-9-1-2-10(12)5-9/h3-4,9-10,12,15H,1-2,5-8H2,(H,16,17). The average molecular weight is 265 g/mol. The van der Waals surface area contributed by atoms with Crippen molar-refractivity contribution in [1.82, 2.24) is 5.32 Å². The Morgan fingerprint density at radius 1 is 1.44 bits per heavy atom. The van der Waals surface area contributed by atoms with Crippen LogP contribution in [0.4, 0.5) is 0 Å². The van der Waals surface area contributed by atoms with Gasteiger partial charge in [0.1, 0.15) is 4.88 Å². The topological polar surface area (TPSA) is 49.3 Å². The van der Waals surface area contributed by atoms with E-state index in [1.807, 2.05) is 11.4 Å². The van der Waals surface area contributed by atoms with Crippen LogP contribution in [0.2, 0.25) is 0 Å². The molecule has 1 heterocycles. The van der Waals surface area contributed by atoms with Crippen LogP contribution in [-0.4, -0.2) is 17.6 Å². The summed E-state index contributed by atoms with van der Waals surface area (Å²) in [6.45, 7) is 1.75. The predicted octanol–water partition coefficient (Wildman–Crippen LogP) is 2.97. The van der Waals surface area contributed by atoms with Crippen LogP contribution in [0.15, 0.2) is 11.4 Å². The van der Waals surface area contributed by atoms with E-state index in [1.165, 1.54) is 37.0 Å². The third kappa shape index (κ3) is 2.31. The molecule has 2 saturated carbocycles. The largest absolute Gasteiger partial charge is 0.477 e. The van der Waals surface area contributed by atoms with Crippen molar-refractivity contribution in [3.8, 4) is 0 Å². The lowest BCUT2D eigenvalue weighted by atomic mass is 9.89. The Morgan fingerprint density at radius 3 is 3.00 bits per heavy atom. The van der Waals surface area contributed by atoms with Crippen LogP contribution < -0.4 is 5.32 Å². The second-order valence-electron chi connectivity index (χ2n) is 5.65. The summed E-state index contributed by atoms with van der Waals surface area (Å²) in [5, 5.41) is 14.3. The third-order valence-corrected chi connectivity index (χ3v) is 5.49. The number of hydrogen-bond donors (Lipinski definition) is 2. The van der Waals surface area contributed by atoms with Crippen LogP contribution in [0.5, 0.6) is 0 Å². The van der Waals surface area contributed by atoms with Crippen molar-refractivity contribution in [3.63, 3.8) is 0 Å². The Bertz CT molecular complexity index is 443. The molecule has 3 unspecified atom stereocenters. The first-order chi connectivity index (χ1) is 8.74. The monoisotopic (exact) mass is 265 g/mol. The van der Waals surface area contributed by atoms with E-state index in [0.29, 0.717) is 11.4 Å². The van der Waals surface area contributed by atoms with E-state index in [1.54, 1.807) is 0 Å². The zero-order valence-corrected chi connectivity index (χ0v) is 11.2. The van der Waals surface area contributed by atoms with Gasteiger partial charge in [0.25, 0.3) is 0 Å². The molecule has 0 saturated heterocycles. The number of rotatable bonds is 5. The number of carboxylic acid groups (broad SMARTS) is 1. The number of aromatic carboxylic acids is 1. The molecule has 1 aromatic heterocycles. The number of fused-ring (bicyclic) bond motifs is 2. The van der Waals surface area contributed by atoms with Gasteiger partial charge in [-0.1, -0.05) is 6.42 Å². The molecule has 0 spiro atoms. The third-order valence-electron chi connectivity index (χ3n) is 4.55. The lowest BCUT2D eigenvalue weighted by molar-refractivity contribution is 0.0701. The smallest absolute Gasteiger partial charge is 0.346 e. The van der Waals surface area contributed by atoms with Crippen molar-refractivity contribution in [2.24, 2.45) is 17.8 Å². The van der Waals surface area contributed by atoms with E-state index in [9.17, 15) is 4.79 Å². The zero-order chi connectivity index (χ0) is 12.5. The molecular formula is C14H19NO2S. The maximum atomic E-state index is 11.0. The number of carboxylic acids is 1. The van der Waals surface area contributed by atoms with Crippen molar-refractivity contribution < 1.29 is 9.90 Å². The average Bonchev–Trinajstić information content (AvgIpc) is 3.03. The van der Waals surface area contributed by atoms with Crippen LogP contribution in [0.1, 0.15) is 40.9 Å². The molecular weight excluding hydrogens is 246 g/mol. The second kappa shape index (κ2) is 5.02. The second-order valence-corrected chi connectivity index (χ2v) is 6.56. The molecule has 18 heavy (non-hydrogen) atoms. The van der Waals surface area contributed by atoms with Crippen LogP contribution >= 0.6 is 11.3 Å². The highest BCUT2D eigenvalue weighted by Gasteiger charge is 2.38. The molecule has 98 valence electrons. The number of hydrogen-bond acceptors (Lipinski definition) is 3. The lowest BCUT2D eigenvalue weighted by Crippen LogP contribution is -2.26. The van der Waals surface area contributed by atoms with Gasteiger partial charge in [0.15, 0.2) is 0 Å². The van der Waals surface area contributed by atoms with E-state index >= 15 is 0 Å². The maximum absolute atomic E-state index is 11.0. The van der Waals surface area contributed by atoms with Crippen molar-refractivity contribution in [2.75, 3.05) is 6.54 Å². The van der Waals surface area contributed by atoms with Crippen molar-refractivity contribution >= 4 is 17.3 Å². The molecule has 3 nitrogen and oxygen atoms in total. The Morgan fingerprint density at radius 2 is 2.33 bits per heavy atom. The van der Waals surface area contributed by atoms with Gasteiger partial charge in [-0.05, 0) is 60.6 Å². The minimum Gasteiger partial charge on any atom is -0.477 e. The normalized spacial score (nSPS) is 29.9. The fourth-order valence-electron chi connectivity index (χ4n) is 3.68. The first kappa shape index (κ1) is 12.2. The summed E-state index contributed by atoms with van der Waals surface area (Å²) < 4.78 is 0. The Kier molecular flexibility index (Phi) is 3.39. The zero-order valence-electron chi connectivity index (χ0n) is 10.4. The van der Waals surface area contributed by atoms with Gasteiger partial charge in [-0.2, -0.15) is 0 Å². The summed E-state index contributed by atoms with van der Waals surface area (Å²) in [7, 11) is 0. The fourth-order valence-corrected chi connectivity index (χ4v) is 4.44. The predicted molar refractivity (Wildman–Crippen MR) is 71.9 cm³/mol. The SMILES string of the molecule is O=C(O)c1sccc1CNCC1CC2CCC1C2. The summed E-state index contributed by atoms with van der Waals surface area (Å²) in [6.07, 6.45) is 5.67. The van der Waals surface area contributed by atoms with Crippen molar-refractivity contribution in [2.45, 2.75) is 32.2 Å². The molecule has 3 rings (SSSR count). The highest BCUT2D eigenvalue weighted by atomic mass is 32.1. The minimum absolute atomic E-state index is 0.482. The van der Waals surface area contributed by atoms with Crippen LogP contribution in [0.25, 0.3) is 0 Å². The van der Waals surface area contributed by atoms with E-state index in [4.69, 9.17) is 5.11 Å². The Labute approximate surface area is 111 Å². The first-order valence-electron chi connectivity index (χ1n) is 6.74. The molecule has 2 aliphatic rings. The Hall–Kier alpha value is -0.870. The summed E-state index contributed by atoms with van der Waals surface area (Å²) >= 11 is 1.31. The van der Waals surface area contributed by atoms with E-state index < -0.39 is 5.97 Å². The molecule has 4 heteroatoms. The number of nitrogens with one attached hydrogen (secondary N) is 1. The molecule has 0 amide bonds. The number of thiophene rings is 1. The van der Waals surface area contributed by atoms with Gasteiger partial charge in [-0.25, -0.2) is 4.79 Å². The van der Waals surface area contributed by atoms with Crippen molar-refractivity contribution in [3.05, 3.63) is 21.9 Å². The van der Waals surface area contributed by atoms with Gasteiger partial charge in [0.2, 0.25) is 0 Å². The lowest BCUT2D eigenvalue weighted by Gasteiger charge is -2.21. The molecule has 2 N–H and O–H groups in total. The summed E-state index contributed by atoms with van der Waals surface area (Å²) in [6, 6.07) is 1.92. The molecule has 0 aromatic carbocycles. The first-order valence-corrected chi connectivity index (χ1v) is 7.62. The fraction of sp³-hybridized carbons (Fsp3) is 0.643. The summed E-state index contributed by atoms with van der Waals surface area (Å²) in [4.78, 5) is 11.5. The maximum Gasteiger partial charge on any atom is 0.346 e. The highest BCUT2D eigenvalue weighted by molar-refractivity contribution is 7.12. The van der Waals surface area contributed by atoms with Crippen LogP contribution in [0.3, 0.4) is 0 Å². The molecule has 2 aliphatic carbocycles. The molecule has 3 atom stereocenters. The summed E-state index contributed by atoms with van der Waals surface area (Å²) in [5.74, 6) is 1.94. The van der Waals surface area contributed by atoms with Gasteiger partial charge in [0.05, 0.1) is 0 Å².